The molecular formula is C96H136N4O48. The Labute approximate surface area is 847 Å². The summed E-state index contributed by atoms with van der Waals surface area (Å²) >= 11 is 0. The maximum absolute atomic E-state index is 14.7. The molecule has 52 nitrogen and oxygen atoms in total. The molecule has 2 amide bonds. The van der Waals surface area contributed by atoms with E-state index in [9.17, 15) is 120 Å². The summed E-state index contributed by atoms with van der Waals surface area (Å²) in [5, 5.41) is 201. The van der Waals surface area contributed by atoms with E-state index in [4.69, 9.17) is 114 Å². The molecule has 0 radical (unpaired) electrons. The highest BCUT2D eigenvalue weighted by Gasteiger charge is 2.78. The third-order valence-corrected chi connectivity index (χ3v) is 31.9. The monoisotopic (exact) mass is 2110 g/mol. The Morgan fingerprint density at radius 3 is 1.20 bits per heavy atom. The molecule has 18 rings (SSSR count). The highest BCUT2D eigenvalue weighted by molar-refractivity contribution is 5.94. The molecule has 0 aromatic heterocycles. The van der Waals surface area contributed by atoms with E-state index in [-0.39, 0.29) is 72.3 Å². The molecule has 148 heavy (non-hydrogen) atoms. The van der Waals surface area contributed by atoms with Crippen molar-refractivity contribution in [3.63, 3.8) is 0 Å². The number of aliphatic carboxylic acids is 2. The van der Waals surface area contributed by atoms with Crippen LogP contribution in [-0.2, 0) is 152 Å². The van der Waals surface area contributed by atoms with Crippen LogP contribution in [-0.4, -0.2) is 500 Å². The summed E-state index contributed by atoms with van der Waals surface area (Å²) in [5.41, 5.74) is -4.92. The predicted molar refractivity (Wildman–Crippen MR) is 484 cm³/mol. The van der Waals surface area contributed by atoms with E-state index >= 15 is 0 Å². The fraction of sp³-hybridized carbons (Fsp3) is 0.792. The number of methoxy groups -OCH3 is 4. The van der Waals surface area contributed by atoms with Crippen LogP contribution in [0.1, 0.15) is 114 Å². The number of aliphatic hydroxyl groups excluding tert-OH is 14. The number of piperidine rings is 2. The lowest BCUT2D eigenvalue weighted by Gasteiger charge is -2.64. The van der Waals surface area contributed by atoms with Crippen molar-refractivity contribution in [3.05, 3.63) is 46.5 Å². The molecule has 12 fully saturated rings. The van der Waals surface area contributed by atoms with E-state index in [2.05, 4.69) is 20.4 Å². The van der Waals surface area contributed by atoms with Crippen LogP contribution in [0.15, 0.2) is 24.3 Å². The third-order valence-electron chi connectivity index (χ3n) is 31.9. The summed E-state index contributed by atoms with van der Waals surface area (Å²) < 4.78 is 126. The molecule has 10 aliphatic heterocycles. The second-order valence-electron chi connectivity index (χ2n) is 42.1. The number of nitrogens with zero attached hydrogens (tertiary/aromatic N) is 2. The first kappa shape index (κ1) is 112. The molecule has 16 aliphatic rings. The van der Waals surface area contributed by atoms with Gasteiger partial charge in [0.1, 0.15) is 190 Å². The number of carbonyl (C=O) groups excluding carboxylic acids is 6. The molecular weight excluding hydrogens is 1980 g/mol. The van der Waals surface area contributed by atoms with Crippen molar-refractivity contribution in [3.8, 4) is 23.0 Å². The lowest BCUT2D eigenvalue weighted by molar-refractivity contribution is -0.379. The molecule has 10 heterocycles. The number of aromatic hydroxyl groups is 1. The minimum Gasteiger partial charge on any atom is -0.504 e. The van der Waals surface area contributed by atoms with Gasteiger partial charge in [-0.1, -0.05) is 12.1 Å². The van der Waals surface area contributed by atoms with Crippen LogP contribution < -0.4 is 24.8 Å². The van der Waals surface area contributed by atoms with Gasteiger partial charge in [0.15, 0.2) is 84.5 Å². The third kappa shape index (κ3) is 21.0. The minimum atomic E-state index is -2.06. The Morgan fingerprint density at radius 1 is 0.426 bits per heavy atom. The molecule has 2 aromatic rings. The lowest BCUT2D eigenvalue weighted by atomic mass is 9.48. The lowest BCUT2D eigenvalue weighted by Crippen LogP contribution is -2.78. The van der Waals surface area contributed by atoms with Gasteiger partial charge in [0.05, 0.1) is 62.1 Å². The summed E-state index contributed by atoms with van der Waals surface area (Å²) in [6.45, 7) is 1.67. The number of amides is 2. The van der Waals surface area contributed by atoms with Gasteiger partial charge in [0.25, 0.3) is 0 Å². The van der Waals surface area contributed by atoms with Crippen LogP contribution in [0, 0.1) is 11.8 Å². The number of aliphatic hydroxyl groups is 15. The van der Waals surface area contributed by atoms with Crippen molar-refractivity contribution in [1.29, 1.82) is 0 Å². The van der Waals surface area contributed by atoms with Crippen molar-refractivity contribution in [2.24, 2.45) is 11.8 Å². The number of carbonyl (C=O) groups is 8. The summed E-state index contributed by atoms with van der Waals surface area (Å²) in [7, 11) is 4.77. The Morgan fingerprint density at radius 2 is 0.784 bits per heavy atom. The first-order chi connectivity index (χ1) is 70.4. The summed E-state index contributed by atoms with van der Waals surface area (Å²) in [6, 6.07) is 6.27. The van der Waals surface area contributed by atoms with Crippen LogP contribution >= 0.6 is 0 Å². The largest absolute Gasteiger partial charge is 0.504 e. The number of carboxylic acids is 2. The molecule has 4 bridgehead atoms. The Kier molecular flexibility index (Phi) is 33.8. The van der Waals surface area contributed by atoms with Gasteiger partial charge in [-0.3, -0.25) is 29.0 Å². The number of phenols is 1. The highest BCUT2D eigenvalue weighted by atomic mass is 16.8. The number of ether oxygens (including phenoxy) is 22. The molecule has 30 unspecified atom stereocenters. The highest BCUT2D eigenvalue weighted by Crippen LogP contribution is 2.68. The van der Waals surface area contributed by atoms with E-state index in [0.29, 0.717) is 61.7 Å². The van der Waals surface area contributed by atoms with Gasteiger partial charge in [-0.15, -0.1) is 0 Å². The zero-order valence-corrected chi connectivity index (χ0v) is 82.7. The Bertz CT molecular complexity index is 5070. The van der Waals surface area contributed by atoms with Crippen molar-refractivity contribution in [2.45, 2.75) is 346 Å². The molecule has 8 saturated heterocycles. The molecule has 6 aliphatic carbocycles. The van der Waals surface area contributed by atoms with Crippen LogP contribution in [0.5, 0.6) is 23.0 Å². The number of carboxylic acid groups (broad SMARTS) is 2. The van der Waals surface area contributed by atoms with Gasteiger partial charge in [-0.2, -0.15) is 0 Å². The molecule has 2 aromatic carbocycles. The second-order valence-corrected chi connectivity index (χ2v) is 42.1. The summed E-state index contributed by atoms with van der Waals surface area (Å²) in [4.78, 5) is 111. The van der Waals surface area contributed by atoms with Crippen molar-refractivity contribution in [2.75, 3.05) is 121 Å². The van der Waals surface area contributed by atoms with Gasteiger partial charge >= 0.3 is 23.9 Å². The van der Waals surface area contributed by atoms with Gasteiger partial charge in [0.2, 0.25) is 11.8 Å². The average Bonchev–Trinajstić information content (AvgIpc) is 1.49. The number of hydrogen-bond acceptors (Lipinski definition) is 48. The fourth-order valence-corrected chi connectivity index (χ4v) is 24.2. The van der Waals surface area contributed by atoms with E-state index in [0.717, 1.165) is 49.9 Å². The van der Waals surface area contributed by atoms with Crippen LogP contribution in [0.3, 0.4) is 0 Å². The Hall–Kier alpha value is -7.40. The number of esters is 2. The normalized spacial score (nSPS) is 40.8. The topological polar surface area (TPSA) is 734 Å². The molecule has 4 saturated carbocycles. The number of nitrogens with one attached hydrogen (secondary N) is 2. The predicted octanol–water partition coefficient (Wildman–Crippen LogP) is -8.64. The number of rotatable bonds is 40. The number of phenolic OH excluding ortho intramolecular Hbond substituents is 1. The maximum Gasteiger partial charge on any atom is 0.336 e. The van der Waals surface area contributed by atoms with Crippen LogP contribution in [0.2, 0.25) is 0 Å². The van der Waals surface area contributed by atoms with Crippen LogP contribution in [0.25, 0.3) is 0 Å². The van der Waals surface area contributed by atoms with Gasteiger partial charge < -0.3 is 207 Å². The van der Waals surface area contributed by atoms with Gasteiger partial charge in [0, 0.05) is 71.5 Å². The van der Waals surface area contributed by atoms with E-state index in [1.54, 1.807) is 12.1 Å². The zero-order valence-electron chi connectivity index (χ0n) is 82.7. The number of Topliss-reactive ketones (excluding diaryl/α,β-unsaturated/α-hetero) is 2. The number of benzene rings is 2. The first-order valence-corrected chi connectivity index (χ1v) is 49.8. The molecule has 38 atom stereocenters. The Balaban J connectivity index is 0.000000202. The maximum atomic E-state index is 14.7. The average molecular weight is 2110 g/mol. The number of hydrogen-bond donors (Lipinski definition) is 20. The standard InChI is InChI=1S/2C48H68N2O24/c1-46(2,45(62)71-23-8-7-21-13-27-48(63)10-9-22(52)41-47(48,30(21)37(23)72-41)11-12-50(27)14-20-5-6-20)49-28(53)18-66-16-26-40(73-43-35(60)31(56)38(64-3)24(15-51)68-43)33(58)36(61)44(70-26)74-39-25(17-67-19-29(54)55)69-42(65-4)34(59)32(39)57;1-46(2,45(63)74-48-10-9-23(53)41-47(48)11-12-50(14-20-5-6-20)27(48)13-21-7-8-22(52)37(71-41)30(21)47)49-28(54)18-66-16-26-40(72-43-35(61)31(57)38(64-3)24(15-51)68-43)33(59)36(62)44(70-26)73-39-25(17-67-19-29(55)56)69-42(65-4)34(60)32(39)58/h7-8,20,24-27,31-36,38-44,51,56-61,63H,5-6,9-19H2,1-4H3,(H,49,53)(H,54,55);7-8,20,24-27,31-36,38-44,51-52,57-62H,5-6,9-19H2,1-4H3,(H,49,54)(H,55,56)/t2*24?,25?,26?,27-,31?,32?,33?,34?,35?,36?,38?,39?,40?,41+,42?,43?,44?,47+,48-/m11/s1. The molecule has 828 valence electrons. The zero-order chi connectivity index (χ0) is 106. The molecule has 52 heteroatoms. The SMILES string of the molecule is COC1OC(COCC(=O)O)C(OC2OC(COCC(=O)NC(C)(C)C(=O)O[C@@]34CCC(=O)[C@@H]5Oc6c(O)ccc7c6[C@@]53CCN(CC3CC3)[C@@H]4C7)C(OC3OC(CO)C(OC)C(O)C3O)C(O)C2O)C(O)C1O.COC1OC(COCC(=O)O)C(OC2OC(COCC(=O)NC(C)(C)C(=O)Oc3ccc4c5c3O[C@H]3C(=O)CC[C@@]6(O)[C@@H](C4)N(CC4CC4)CC[C@]536)C(OC3OC(CO)C(OC)C(O)C3O)C(O)C2O)C(O)C1O. The quantitative estimate of drug-likeness (QED) is 0.0218. The van der Waals surface area contributed by atoms with E-state index < -0.39 is 331 Å². The minimum absolute atomic E-state index is 0.0187. The smallest absolute Gasteiger partial charge is 0.336 e. The van der Waals surface area contributed by atoms with Crippen LogP contribution in [0.4, 0.5) is 0 Å². The second kappa shape index (κ2) is 44.8. The first-order valence-electron chi connectivity index (χ1n) is 49.8. The number of ketones is 2. The fourth-order valence-electron chi connectivity index (χ4n) is 24.2. The van der Waals surface area contributed by atoms with Crippen molar-refractivity contribution >= 4 is 47.3 Å². The summed E-state index contributed by atoms with van der Waals surface area (Å²) in [6.07, 6.45) is -45.2. The number of likely N-dealkylation sites (tertiary alicyclic amines) is 2. The van der Waals surface area contributed by atoms with E-state index in [1.165, 1.54) is 56.1 Å². The molecule has 20 N–H and O–H groups in total. The van der Waals surface area contributed by atoms with Crippen molar-refractivity contribution < 1.29 is 234 Å². The van der Waals surface area contributed by atoms with Gasteiger partial charge in [-0.25, -0.2) is 19.2 Å². The van der Waals surface area contributed by atoms with E-state index in [1.807, 2.05) is 12.1 Å². The van der Waals surface area contributed by atoms with Crippen molar-refractivity contribution in [1.82, 2.24) is 20.4 Å². The molecule has 2 spiro atoms. The van der Waals surface area contributed by atoms with Gasteiger partial charge in [-0.05, 0) is 140 Å². The summed E-state index contributed by atoms with van der Waals surface area (Å²) in [5.74, 6) is -4.95.